The Bertz CT molecular complexity index is 537. The maximum atomic E-state index is 11.9. The van der Waals surface area contributed by atoms with Gasteiger partial charge in [0.05, 0.1) is 0 Å². The van der Waals surface area contributed by atoms with E-state index in [2.05, 4.69) is 15.5 Å². The summed E-state index contributed by atoms with van der Waals surface area (Å²) in [5.74, 6) is 0.372. The van der Waals surface area contributed by atoms with Gasteiger partial charge in [0.1, 0.15) is 0 Å². The summed E-state index contributed by atoms with van der Waals surface area (Å²) in [4.78, 5) is 15.8. The van der Waals surface area contributed by atoms with Crippen molar-refractivity contribution >= 4 is 11.6 Å². The fraction of sp³-hybridized carbons (Fsp3) is 0.250. The Kier molecular flexibility index (Phi) is 3.57. The number of hydrogen-bond donors (Lipinski definition) is 2. The van der Waals surface area contributed by atoms with Crippen molar-refractivity contribution in [3.05, 3.63) is 41.5 Å². The number of aryl methyl sites for hydroxylation is 1. The van der Waals surface area contributed by atoms with Crippen LogP contribution in [0.25, 0.3) is 0 Å². The first-order valence-electron chi connectivity index (χ1n) is 5.56. The molecule has 2 aromatic rings. The summed E-state index contributed by atoms with van der Waals surface area (Å²) in [7, 11) is 0. The zero-order valence-corrected chi connectivity index (χ0v) is 10.0. The topological polar surface area (TPSA) is 94.0 Å². The van der Waals surface area contributed by atoms with Gasteiger partial charge in [-0.1, -0.05) is 5.16 Å². The van der Waals surface area contributed by atoms with Crippen LogP contribution in [0.3, 0.4) is 0 Å². The predicted molar refractivity (Wildman–Crippen MR) is 65.9 cm³/mol. The van der Waals surface area contributed by atoms with E-state index in [9.17, 15) is 4.79 Å². The van der Waals surface area contributed by atoms with Gasteiger partial charge in [-0.05, 0) is 30.7 Å². The zero-order chi connectivity index (χ0) is 13.0. The summed E-state index contributed by atoms with van der Waals surface area (Å²) >= 11 is 0. The van der Waals surface area contributed by atoms with Crippen molar-refractivity contribution in [2.45, 2.75) is 13.3 Å². The van der Waals surface area contributed by atoms with Crippen LogP contribution < -0.4 is 11.1 Å². The molecule has 1 aromatic carbocycles. The van der Waals surface area contributed by atoms with Gasteiger partial charge in [0, 0.05) is 24.2 Å². The summed E-state index contributed by atoms with van der Waals surface area (Å²) in [6.07, 6.45) is 1.85. The number of benzene rings is 1. The van der Waals surface area contributed by atoms with E-state index in [1.807, 2.05) is 6.92 Å². The standard InChI is InChI=1S/C12H14N4O2/c1-8-6-9(13)2-3-10(8)12(17)14-5-4-11-15-7-16-18-11/h2-3,6-7H,4-5,13H2,1H3,(H,14,17). The molecule has 0 atom stereocenters. The van der Waals surface area contributed by atoms with Crippen LogP contribution in [-0.2, 0) is 6.42 Å². The van der Waals surface area contributed by atoms with Crippen LogP contribution >= 0.6 is 0 Å². The lowest BCUT2D eigenvalue weighted by molar-refractivity contribution is 0.0953. The van der Waals surface area contributed by atoms with Crippen molar-refractivity contribution in [1.29, 1.82) is 0 Å². The Hall–Kier alpha value is -2.37. The van der Waals surface area contributed by atoms with Crippen LogP contribution in [0.2, 0.25) is 0 Å². The van der Waals surface area contributed by atoms with Gasteiger partial charge >= 0.3 is 0 Å². The SMILES string of the molecule is Cc1cc(N)ccc1C(=O)NCCc1ncno1. The third-order valence-corrected chi connectivity index (χ3v) is 2.53. The fourth-order valence-corrected chi connectivity index (χ4v) is 1.63. The number of carbonyl (C=O) groups is 1. The molecule has 1 amide bonds. The van der Waals surface area contributed by atoms with Crippen molar-refractivity contribution in [3.8, 4) is 0 Å². The highest BCUT2D eigenvalue weighted by Crippen LogP contribution is 2.12. The number of carbonyl (C=O) groups excluding carboxylic acids is 1. The zero-order valence-electron chi connectivity index (χ0n) is 10.0. The van der Waals surface area contributed by atoms with Crippen LogP contribution in [0.4, 0.5) is 5.69 Å². The number of amides is 1. The van der Waals surface area contributed by atoms with Crippen LogP contribution in [-0.4, -0.2) is 22.6 Å². The van der Waals surface area contributed by atoms with Crippen LogP contribution in [0.5, 0.6) is 0 Å². The molecule has 0 saturated carbocycles. The van der Waals surface area contributed by atoms with Gasteiger partial charge < -0.3 is 15.6 Å². The maximum Gasteiger partial charge on any atom is 0.251 e. The molecule has 0 spiro atoms. The molecule has 6 nitrogen and oxygen atoms in total. The average Bonchev–Trinajstić information content (AvgIpc) is 2.81. The molecule has 3 N–H and O–H groups in total. The number of nitrogens with one attached hydrogen (secondary N) is 1. The number of aromatic nitrogens is 2. The highest BCUT2D eigenvalue weighted by atomic mass is 16.5. The van der Waals surface area contributed by atoms with E-state index in [4.69, 9.17) is 10.3 Å². The van der Waals surface area contributed by atoms with Gasteiger partial charge in [-0.3, -0.25) is 4.79 Å². The van der Waals surface area contributed by atoms with E-state index in [0.29, 0.717) is 30.1 Å². The van der Waals surface area contributed by atoms with E-state index in [1.165, 1.54) is 6.33 Å². The van der Waals surface area contributed by atoms with Crippen LogP contribution in [0, 0.1) is 6.92 Å². The number of nitrogens with two attached hydrogens (primary N) is 1. The van der Waals surface area contributed by atoms with Crippen molar-refractivity contribution in [2.75, 3.05) is 12.3 Å². The quantitative estimate of drug-likeness (QED) is 0.783. The average molecular weight is 246 g/mol. The van der Waals surface area contributed by atoms with Crippen molar-refractivity contribution < 1.29 is 9.32 Å². The number of rotatable bonds is 4. The molecule has 1 heterocycles. The Balaban J connectivity index is 1.91. The van der Waals surface area contributed by atoms with Crippen molar-refractivity contribution in [2.24, 2.45) is 0 Å². The molecule has 2 rings (SSSR count). The molecule has 18 heavy (non-hydrogen) atoms. The van der Waals surface area contributed by atoms with Crippen molar-refractivity contribution in [3.63, 3.8) is 0 Å². The molecule has 0 fully saturated rings. The second kappa shape index (κ2) is 5.31. The number of nitrogens with zero attached hydrogens (tertiary/aromatic N) is 2. The minimum Gasteiger partial charge on any atom is -0.399 e. The van der Waals surface area contributed by atoms with E-state index in [0.717, 1.165) is 5.56 Å². The Labute approximate surface area is 104 Å². The molecular weight excluding hydrogens is 232 g/mol. The maximum absolute atomic E-state index is 11.9. The van der Waals surface area contributed by atoms with Gasteiger partial charge in [0.2, 0.25) is 5.89 Å². The number of anilines is 1. The summed E-state index contributed by atoms with van der Waals surface area (Å²) in [6, 6.07) is 5.19. The van der Waals surface area contributed by atoms with Crippen LogP contribution in [0.15, 0.2) is 29.0 Å². The molecule has 94 valence electrons. The van der Waals surface area contributed by atoms with Gasteiger partial charge in [0.25, 0.3) is 5.91 Å². The number of hydrogen-bond acceptors (Lipinski definition) is 5. The smallest absolute Gasteiger partial charge is 0.251 e. The van der Waals surface area contributed by atoms with Gasteiger partial charge in [-0.25, -0.2) is 0 Å². The Morgan fingerprint density at radius 2 is 2.33 bits per heavy atom. The lowest BCUT2D eigenvalue weighted by atomic mass is 10.1. The minimum atomic E-state index is -0.132. The predicted octanol–water partition coefficient (Wildman–Crippen LogP) is 0.933. The first-order chi connectivity index (χ1) is 8.66. The second-order valence-electron chi connectivity index (χ2n) is 3.92. The van der Waals surface area contributed by atoms with Gasteiger partial charge in [0.15, 0.2) is 6.33 Å². The fourth-order valence-electron chi connectivity index (χ4n) is 1.63. The summed E-state index contributed by atoms with van der Waals surface area (Å²) < 4.78 is 4.83. The molecule has 0 bridgehead atoms. The molecule has 0 aliphatic carbocycles. The highest BCUT2D eigenvalue weighted by molar-refractivity contribution is 5.95. The lowest BCUT2D eigenvalue weighted by Crippen LogP contribution is -2.26. The molecule has 0 aliphatic rings. The molecule has 0 saturated heterocycles. The molecular formula is C12H14N4O2. The summed E-state index contributed by atoms with van der Waals surface area (Å²) in [6.45, 7) is 2.30. The molecule has 0 unspecified atom stereocenters. The molecule has 0 radical (unpaired) electrons. The lowest BCUT2D eigenvalue weighted by Gasteiger charge is -2.07. The molecule has 1 aromatic heterocycles. The van der Waals surface area contributed by atoms with Crippen LogP contribution in [0.1, 0.15) is 21.8 Å². The van der Waals surface area contributed by atoms with E-state index < -0.39 is 0 Å². The Morgan fingerprint density at radius 3 is 3.00 bits per heavy atom. The summed E-state index contributed by atoms with van der Waals surface area (Å²) in [5, 5.41) is 6.28. The van der Waals surface area contributed by atoms with E-state index in [1.54, 1.807) is 18.2 Å². The number of nitrogen functional groups attached to an aromatic ring is 1. The van der Waals surface area contributed by atoms with Gasteiger partial charge in [-0.15, -0.1) is 0 Å². The molecule has 6 heteroatoms. The monoisotopic (exact) mass is 246 g/mol. The summed E-state index contributed by atoms with van der Waals surface area (Å²) in [5.41, 5.74) is 7.75. The minimum absolute atomic E-state index is 0.132. The Morgan fingerprint density at radius 1 is 1.50 bits per heavy atom. The third kappa shape index (κ3) is 2.85. The second-order valence-corrected chi connectivity index (χ2v) is 3.92. The van der Waals surface area contributed by atoms with E-state index >= 15 is 0 Å². The first-order valence-corrected chi connectivity index (χ1v) is 5.56. The first kappa shape index (κ1) is 12.1. The van der Waals surface area contributed by atoms with Gasteiger partial charge in [-0.2, -0.15) is 4.98 Å². The normalized spacial score (nSPS) is 10.3. The highest BCUT2D eigenvalue weighted by Gasteiger charge is 2.09. The van der Waals surface area contributed by atoms with E-state index in [-0.39, 0.29) is 5.91 Å². The third-order valence-electron chi connectivity index (χ3n) is 2.53. The largest absolute Gasteiger partial charge is 0.399 e. The van der Waals surface area contributed by atoms with Crippen molar-refractivity contribution in [1.82, 2.24) is 15.5 Å². The molecule has 0 aliphatic heterocycles.